The van der Waals surface area contributed by atoms with Gasteiger partial charge in [-0.25, -0.2) is 19.3 Å². The maximum Gasteiger partial charge on any atom is 0.431 e. The highest BCUT2D eigenvalue weighted by molar-refractivity contribution is 5.77. The molecule has 0 unspecified atom stereocenters. The Hall–Kier alpha value is -2.84. The molecule has 0 amide bonds. The molecule has 4 rings (SSSR count). The molecule has 3 aromatic rings. The van der Waals surface area contributed by atoms with Crippen LogP contribution in [0.15, 0.2) is 43.1 Å². The molecule has 1 N–H and O–H groups in total. The van der Waals surface area contributed by atoms with Gasteiger partial charge in [-0.05, 0) is 37.5 Å². The van der Waals surface area contributed by atoms with Gasteiger partial charge in [0.15, 0.2) is 0 Å². The molecule has 1 fully saturated rings. The van der Waals surface area contributed by atoms with Crippen molar-refractivity contribution < 1.29 is 23.1 Å². The highest BCUT2D eigenvalue weighted by Crippen LogP contribution is 2.41. The topological polar surface area (TPSA) is 72.9 Å². The quantitative estimate of drug-likeness (QED) is 0.713. The number of aromatic nitrogens is 4. The first-order valence-corrected chi connectivity index (χ1v) is 7.62. The van der Waals surface area contributed by atoms with Crippen molar-refractivity contribution in [3.05, 3.63) is 48.8 Å². The number of pyridine rings is 1. The van der Waals surface area contributed by atoms with Crippen LogP contribution in [0.4, 0.5) is 18.0 Å². The predicted molar refractivity (Wildman–Crippen MR) is 83.3 cm³/mol. The molecule has 0 radical (unpaired) electrons. The van der Waals surface area contributed by atoms with Gasteiger partial charge in [0.05, 0.1) is 0 Å². The third-order valence-electron chi connectivity index (χ3n) is 4.05. The molecule has 6 nitrogen and oxygen atoms in total. The first-order valence-electron chi connectivity index (χ1n) is 7.62. The maximum absolute atomic E-state index is 13.0. The van der Waals surface area contributed by atoms with Gasteiger partial charge in [-0.15, -0.1) is 0 Å². The van der Waals surface area contributed by atoms with E-state index in [4.69, 9.17) is 5.11 Å². The molecule has 0 atom stereocenters. The lowest BCUT2D eigenvalue weighted by atomic mass is 9.92. The Morgan fingerprint density at radius 2 is 2.04 bits per heavy atom. The van der Waals surface area contributed by atoms with Crippen LogP contribution in [0.2, 0.25) is 0 Å². The molecule has 1 aliphatic carbocycles. The Bertz CT molecular complexity index is 867. The van der Waals surface area contributed by atoms with E-state index in [0.29, 0.717) is 11.0 Å². The lowest BCUT2D eigenvalue weighted by Gasteiger charge is -2.29. The highest BCUT2D eigenvalue weighted by Gasteiger charge is 2.38. The van der Waals surface area contributed by atoms with Gasteiger partial charge < -0.3 is 9.67 Å². The van der Waals surface area contributed by atoms with Crippen molar-refractivity contribution in [3.8, 4) is 0 Å². The van der Waals surface area contributed by atoms with E-state index in [1.165, 1.54) is 35.6 Å². The van der Waals surface area contributed by atoms with E-state index in [-0.39, 0.29) is 6.04 Å². The number of rotatable bonds is 1. The number of carbonyl (C=O) groups is 1. The van der Waals surface area contributed by atoms with E-state index in [1.54, 1.807) is 12.1 Å². The summed E-state index contributed by atoms with van der Waals surface area (Å²) >= 11 is 0. The van der Waals surface area contributed by atoms with Crippen LogP contribution >= 0.6 is 0 Å². The molecule has 3 aromatic heterocycles. The van der Waals surface area contributed by atoms with E-state index < -0.39 is 18.0 Å². The summed E-state index contributed by atoms with van der Waals surface area (Å²) < 4.78 is 41.2. The number of imidazole rings is 1. The zero-order valence-corrected chi connectivity index (χ0v) is 13.0. The maximum atomic E-state index is 13.0. The average molecular weight is 352 g/mol. The number of carboxylic acid groups (broad SMARTS) is 1. The molecule has 3 heterocycles. The number of nitrogens with zero attached hydrogens (tertiary/aromatic N) is 4. The van der Waals surface area contributed by atoms with Crippen LogP contribution < -0.4 is 0 Å². The molecule has 0 aliphatic heterocycles. The SMILES string of the molecule is FC(F)(F)c1cc2cccnc2n1C1CCC1.O=C(O)n1ccnc1. The second kappa shape index (κ2) is 6.58. The summed E-state index contributed by atoms with van der Waals surface area (Å²) in [7, 11) is 0. The summed E-state index contributed by atoms with van der Waals surface area (Å²) in [5.74, 6) is 0. The monoisotopic (exact) mass is 352 g/mol. The van der Waals surface area contributed by atoms with Crippen molar-refractivity contribution in [2.75, 3.05) is 0 Å². The predicted octanol–water partition coefficient (Wildman–Crippen LogP) is 4.19. The summed E-state index contributed by atoms with van der Waals surface area (Å²) in [6, 6.07) is 4.49. The van der Waals surface area contributed by atoms with E-state index in [2.05, 4.69) is 9.97 Å². The van der Waals surface area contributed by atoms with E-state index in [9.17, 15) is 18.0 Å². The Balaban J connectivity index is 0.000000192. The van der Waals surface area contributed by atoms with Crippen LogP contribution in [0.25, 0.3) is 11.0 Å². The van der Waals surface area contributed by atoms with Gasteiger partial charge >= 0.3 is 12.3 Å². The van der Waals surface area contributed by atoms with Gasteiger partial charge in [-0.2, -0.15) is 13.2 Å². The van der Waals surface area contributed by atoms with Crippen molar-refractivity contribution in [3.63, 3.8) is 0 Å². The van der Waals surface area contributed by atoms with Crippen molar-refractivity contribution >= 4 is 17.1 Å². The average Bonchev–Trinajstić information content (AvgIpc) is 3.14. The van der Waals surface area contributed by atoms with Gasteiger partial charge in [-0.1, -0.05) is 0 Å². The van der Waals surface area contributed by atoms with Gasteiger partial charge in [-0.3, -0.25) is 0 Å². The van der Waals surface area contributed by atoms with E-state index in [0.717, 1.165) is 23.8 Å². The van der Waals surface area contributed by atoms with Gasteiger partial charge in [0.2, 0.25) is 0 Å². The normalized spacial score (nSPS) is 14.7. The molecular formula is C16H15F3N4O2. The minimum absolute atomic E-state index is 0.0426. The summed E-state index contributed by atoms with van der Waals surface area (Å²) in [5.41, 5.74) is -0.125. The molecule has 0 bridgehead atoms. The fraction of sp³-hybridized carbons (Fsp3) is 0.312. The fourth-order valence-electron chi connectivity index (χ4n) is 2.66. The van der Waals surface area contributed by atoms with Crippen molar-refractivity contribution in [1.29, 1.82) is 0 Å². The second-order valence-electron chi connectivity index (χ2n) is 5.65. The molecule has 9 heteroatoms. The highest BCUT2D eigenvalue weighted by atomic mass is 19.4. The Morgan fingerprint density at radius 1 is 1.28 bits per heavy atom. The minimum atomic E-state index is -4.31. The van der Waals surface area contributed by atoms with Gasteiger partial charge in [0, 0.05) is 30.0 Å². The van der Waals surface area contributed by atoms with Crippen LogP contribution in [-0.2, 0) is 6.18 Å². The summed E-state index contributed by atoms with van der Waals surface area (Å²) in [6.07, 6.45) is 2.83. The molecular weight excluding hydrogens is 337 g/mol. The molecule has 25 heavy (non-hydrogen) atoms. The Kier molecular flexibility index (Phi) is 4.47. The number of halogens is 3. The summed E-state index contributed by atoms with van der Waals surface area (Å²) in [4.78, 5) is 17.6. The van der Waals surface area contributed by atoms with Gasteiger partial charge in [0.1, 0.15) is 17.7 Å². The Labute approximate surface area is 140 Å². The molecule has 0 saturated heterocycles. The van der Waals surface area contributed by atoms with Crippen molar-refractivity contribution in [2.24, 2.45) is 0 Å². The smallest absolute Gasteiger partial charge is 0.431 e. The Morgan fingerprint density at radius 3 is 2.52 bits per heavy atom. The largest absolute Gasteiger partial charge is 0.464 e. The first kappa shape index (κ1) is 17.0. The fourth-order valence-corrected chi connectivity index (χ4v) is 2.66. The van der Waals surface area contributed by atoms with Crippen LogP contribution in [0.1, 0.15) is 31.0 Å². The minimum Gasteiger partial charge on any atom is -0.464 e. The molecule has 1 aliphatic rings. The van der Waals surface area contributed by atoms with Crippen LogP contribution in [-0.4, -0.2) is 30.3 Å². The van der Waals surface area contributed by atoms with Crippen molar-refractivity contribution in [1.82, 2.24) is 19.1 Å². The zero-order valence-electron chi connectivity index (χ0n) is 13.0. The molecule has 1 saturated carbocycles. The van der Waals surface area contributed by atoms with Crippen LogP contribution in [0.3, 0.4) is 0 Å². The third-order valence-corrected chi connectivity index (χ3v) is 4.05. The number of hydrogen-bond acceptors (Lipinski definition) is 3. The summed E-state index contributed by atoms with van der Waals surface area (Å²) in [5, 5.41) is 8.76. The van der Waals surface area contributed by atoms with Crippen LogP contribution in [0, 0.1) is 0 Å². The van der Waals surface area contributed by atoms with E-state index in [1.807, 2.05) is 0 Å². The molecule has 132 valence electrons. The molecule has 0 aromatic carbocycles. The number of alkyl halides is 3. The molecule has 0 spiro atoms. The number of hydrogen-bond donors (Lipinski definition) is 1. The van der Waals surface area contributed by atoms with Gasteiger partial charge in [0.25, 0.3) is 0 Å². The zero-order chi connectivity index (χ0) is 18.0. The first-order chi connectivity index (χ1) is 11.9. The number of fused-ring (bicyclic) bond motifs is 1. The van der Waals surface area contributed by atoms with E-state index >= 15 is 0 Å². The van der Waals surface area contributed by atoms with Crippen molar-refractivity contribution in [2.45, 2.75) is 31.5 Å². The third kappa shape index (κ3) is 3.49. The lowest BCUT2D eigenvalue weighted by Crippen LogP contribution is -2.23. The second-order valence-corrected chi connectivity index (χ2v) is 5.65. The van der Waals surface area contributed by atoms with Crippen LogP contribution in [0.5, 0.6) is 0 Å². The standard InChI is InChI=1S/C12H11F3N2.C4H4N2O2/c13-12(14,15)10-7-8-3-2-6-16-11(8)17(10)9-4-1-5-9;7-4(8)6-2-1-5-3-6/h2-3,6-7,9H,1,4-5H2;1-3H,(H,7,8). The lowest BCUT2D eigenvalue weighted by molar-refractivity contribution is -0.144. The summed E-state index contributed by atoms with van der Waals surface area (Å²) in [6.45, 7) is 0.